The van der Waals surface area contributed by atoms with E-state index in [0.717, 1.165) is 31.4 Å². The number of anilines is 1. The molecule has 1 saturated carbocycles. The zero-order valence-corrected chi connectivity index (χ0v) is 40.6. The van der Waals surface area contributed by atoms with Crippen LogP contribution in [0.15, 0.2) is 84.8 Å². The van der Waals surface area contributed by atoms with Crippen molar-refractivity contribution in [2.75, 3.05) is 39.0 Å². The number of nitrogens with one attached hydrogen (secondary N) is 1. The minimum absolute atomic E-state index is 0. The zero-order valence-electron chi connectivity index (χ0n) is 37.7. The van der Waals surface area contributed by atoms with E-state index in [2.05, 4.69) is 33.1 Å². The first kappa shape index (κ1) is 52.3. The van der Waals surface area contributed by atoms with Crippen LogP contribution in [-0.4, -0.2) is 116 Å². The summed E-state index contributed by atoms with van der Waals surface area (Å²) >= 11 is 0. The number of halogens is 1. The van der Waals surface area contributed by atoms with Gasteiger partial charge in [0, 0.05) is 76.9 Å². The smallest absolute Gasteiger partial charge is 0.252 e. The molecule has 3 aromatic carbocycles. The number of unbranched alkanes of at least 4 members (excludes halogenated alkanes) is 1. The number of nitrogen functional groups attached to an aromatic ring is 1. The third kappa shape index (κ3) is 12.8. The van der Waals surface area contributed by atoms with E-state index in [0.29, 0.717) is 73.5 Å². The second-order valence-electron chi connectivity index (χ2n) is 16.1. The van der Waals surface area contributed by atoms with E-state index in [1.165, 1.54) is 12.4 Å². The number of nitrogens with zero attached hydrogens (tertiary/aromatic N) is 8. The molecule has 2 atom stereocenters. The molecule has 2 aliphatic heterocycles. The van der Waals surface area contributed by atoms with E-state index < -0.39 is 11.9 Å². The predicted molar refractivity (Wildman–Crippen MR) is 246 cm³/mol. The average Bonchev–Trinajstić information content (AvgIpc) is 4.04. The summed E-state index contributed by atoms with van der Waals surface area (Å²) in [5, 5.41) is 7.82. The zero-order chi connectivity index (χ0) is 48.0. The van der Waals surface area contributed by atoms with Crippen molar-refractivity contribution in [1.82, 2.24) is 39.8 Å². The molecule has 1 unspecified atom stereocenters. The third-order valence-electron chi connectivity index (χ3n) is 11.6. The molecular formula is C49H51FN10O7Y-2. The molecule has 0 spiro atoms. The summed E-state index contributed by atoms with van der Waals surface area (Å²) < 4.78 is 23.0. The summed E-state index contributed by atoms with van der Waals surface area (Å²) in [6.45, 7) is 16.0. The fraction of sp³-hybridized carbons (Fsp3) is 0.327. The average molecular weight is 1000 g/mol. The number of hydrogen-bond donors (Lipinski definition) is 2. The van der Waals surface area contributed by atoms with Gasteiger partial charge in [-0.15, -0.1) is 5.56 Å². The van der Waals surface area contributed by atoms with E-state index in [9.17, 15) is 24.0 Å². The Morgan fingerprint density at radius 2 is 1.85 bits per heavy atom. The number of ether oxygens (including phenoxy) is 1. The summed E-state index contributed by atoms with van der Waals surface area (Å²) in [4.78, 5) is 85.1. The number of benzene rings is 3. The Balaban J connectivity index is 0.000000341. The van der Waals surface area contributed by atoms with Gasteiger partial charge in [0.1, 0.15) is 47.7 Å². The van der Waals surface area contributed by atoms with Crippen LogP contribution in [0.25, 0.3) is 27.1 Å². The van der Waals surface area contributed by atoms with Crippen LogP contribution < -0.4 is 15.8 Å². The predicted octanol–water partition coefficient (Wildman–Crippen LogP) is 5.41. The van der Waals surface area contributed by atoms with Gasteiger partial charge in [-0.05, 0) is 70.0 Å². The Morgan fingerprint density at radius 3 is 2.56 bits per heavy atom. The normalized spacial score (nSPS) is 16.5. The van der Waals surface area contributed by atoms with Crippen molar-refractivity contribution in [3.63, 3.8) is 0 Å². The minimum Gasteiger partial charge on any atom is -0.457 e. The maximum absolute atomic E-state index is 15.6. The number of amides is 3. The molecular weight excluding hydrogens is 949 g/mol. The summed E-state index contributed by atoms with van der Waals surface area (Å²) in [6, 6.07) is 21.3. The second-order valence-corrected chi connectivity index (χ2v) is 16.1. The molecule has 1 radical (unpaired) electrons. The van der Waals surface area contributed by atoms with Crippen LogP contribution in [0.3, 0.4) is 0 Å². The number of likely N-dealkylation sites (N-methyl/N-ethyl adjacent to an activating group) is 1. The van der Waals surface area contributed by atoms with Gasteiger partial charge in [-0.3, -0.25) is 19.2 Å². The quantitative estimate of drug-likeness (QED) is 0.0620. The van der Waals surface area contributed by atoms with Gasteiger partial charge in [0.25, 0.3) is 5.91 Å². The molecule has 4 heterocycles. The molecule has 2 aromatic heterocycles. The van der Waals surface area contributed by atoms with Crippen molar-refractivity contribution < 1.29 is 70.6 Å². The van der Waals surface area contributed by atoms with E-state index in [1.54, 1.807) is 63.0 Å². The number of carbonyl (C=O) groups is 6. The molecule has 3 N–H and O–H groups in total. The molecule has 0 bridgehead atoms. The molecule has 68 heavy (non-hydrogen) atoms. The fourth-order valence-electron chi connectivity index (χ4n) is 8.25. The molecule has 8 rings (SSSR count). The van der Waals surface area contributed by atoms with Gasteiger partial charge < -0.3 is 47.0 Å². The van der Waals surface area contributed by atoms with Gasteiger partial charge in [0.2, 0.25) is 5.70 Å². The maximum atomic E-state index is 15.6. The number of nitrogens with two attached hydrogens (primary N) is 1. The van der Waals surface area contributed by atoms with Crippen LogP contribution in [0.2, 0.25) is 0 Å². The number of rotatable bonds is 14. The van der Waals surface area contributed by atoms with Crippen molar-refractivity contribution in [1.29, 1.82) is 0 Å². The molecule has 2 fully saturated rings. The summed E-state index contributed by atoms with van der Waals surface area (Å²) in [5.74, 6) is -0.371. The van der Waals surface area contributed by atoms with Crippen molar-refractivity contribution in [3.05, 3.63) is 126 Å². The third-order valence-corrected chi connectivity index (χ3v) is 11.6. The molecule has 1 aliphatic carbocycles. The minimum atomic E-state index is -0.548. The van der Waals surface area contributed by atoms with Gasteiger partial charge in [-0.1, -0.05) is 29.8 Å². The standard InChI is InChI=1S/C34H37FN9O3.C14H12NO3.CH2O.Y/c1-23(45)38-16-7-8-17-42(3)19-15-29(37-2)34(46)43-18-9-10-24(43)21-44-33-30(32(36)39-22-40-33)31(41-44)27-14-13-26(20-28(27)35)47-25-11-5-4-6-12-25;16-10-5-6-12(13(17)7-10)15-8-9-3-1-2-4-11(9)14(15)18;1-2;/h4-6,11-15,20,22,24H,1,7-10,16-19,21H2,3H3,(H,38,45)(H2,36,39,40);1-2,4,12H,5-8H2;1H2;/q2*-1;;/b29-15-;;;/t24-;;;/m0.../s1. The SMILES string of the molecule is C=O.O=C1CCC(N2Cc3[c-]cccc3C2=O)C(=O)C1.[C-]#[N+]/C(=C\CN(C)CCCCNC([CH2-])=O)C(=O)N1CCC[C@H]1Cn1nc(-c2ccc(Oc3ccccc3)cc2F)c2c(N)ncnc21.[Y]. The summed E-state index contributed by atoms with van der Waals surface area (Å²) in [7, 11) is 1.92. The number of carbonyl (C=O) groups excluding carboxylic acids is 6. The first-order valence-corrected chi connectivity index (χ1v) is 21.7. The Morgan fingerprint density at radius 1 is 1.07 bits per heavy atom. The number of Topliss-reactive ketones (excluding diaryl/α,β-unsaturated/α-hetero) is 2. The first-order valence-electron chi connectivity index (χ1n) is 21.7. The first-order chi connectivity index (χ1) is 32.4. The number of aromatic nitrogens is 4. The van der Waals surface area contributed by atoms with Crippen LogP contribution >= 0.6 is 0 Å². The molecule has 5 aromatic rings. The summed E-state index contributed by atoms with van der Waals surface area (Å²) in [6.07, 6.45) is 6.93. The number of para-hydroxylation sites is 1. The van der Waals surface area contributed by atoms with Crippen molar-refractivity contribution in [2.45, 2.75) is 70.1 Å². The van der Waals surface area contributed by atoms with Crippen molar-refractivity contribution >= 4 is 52.9 Å². The van der Waals surface area contributed by atoms with Crippen LogP contribution in [0.1, 0.15) is 60.9 Å². The van der Waals surface area contributed by atoms with Gasteiger partial charge in [0.15, 0.2) is 17.3 Å². The Kier molecular flexibility index (Phi) is 19.2. The largest absolute Gasteiger partial charge is 0.457 e. The Bertz CT molecular complexity index is 2690. The second kappa shape index (κ2) is 24.9. The monoisotopic (exact) mass is 999 g/mol. The fourth-order valence-corrected chi connectivity index (χ4v) is 8.25. The molecule has 19 heteroatoms. The Labute approximate surface area is 419 Å². The van der Waals surface area contributed by atoms with Crippen LogP contribution in [0.4, 0.5) is 10.2 Å². The van der Waals surface area contributed by atoms with Crippen molar-refractivity contribution in [2.24, 2.45) is 0 Å². The van der Waals surface area contributed by atoms with Crippen LogP contribution in [0, 0.1) is 25.4 Å². The van der Waals surface area contributed by atoms with Crippen LogP contribution in [-0.2, 0) is 69.8 Å². The van der Waals surface area contributed by atoms with Crippen LogP contribution in [0.5, 0.6) is 11.5 Å². The number of likely N-dealkylation sites (tertiary alicyclic amines) is 1. The van der Waals surface area contributed by atoms with Gasteiger partial charge in [-0.2, -0.15) is 29.4 Å². The van der Waals surface area contributed by atoms with Gasteiger partial charge in [-0.25, -0.2) is 23.9 Å². The molecule has 17 nitrogen and oxygen atoms in total. The summed E-state index contributed by atoms with van der Waals surface area (Å²) in [5.41, 5.74) is 8.72. The number of fused-ring (bicyclic) bond motifs is 2. The van der Waals surface area contributed by atoms with E-state index in [4.69, 9.17) is 26.9 Å². The topological polar surface area (TPSA) is 207 Å². The Hall–Kier alpha value is -6.68. The van der Waals surface area contributed by atoms with E-state index >= 15 is 4.39 Å². The van der Waals surface area contributed by atoms with E-state index in [-0.39, 0.29) is 104 Å². The van der Waals surface area contributed by atoms with E-state index in [1.807, 2.05) is 36.9 Å². The maximum Gasteiger partial charge on any atom is 0.252 e. The molecule has 3 amide bonds. The van der Waals surface area contributed by atoms with Gasteiger partial charge >= 0.3 is 0 Å². The molecule has 351 valence electrons. The molecule has 1 saturated heterocycles. The molecule has 3 aliphatic rings. The van der Waals surface area contributed by atoms with Crippen molar-refractivity contribution in [3.8, 4) is 22.8 Å². The van der Waals surface area contributed by atoms with Gasteiger partial charge in [0.05, 0.1) is 42.9 Å². The number of ketones is 2. The number of hydrogen-bond acceptors (Lipinski definition) is 12.